The van der Waals surface area contributed by atoms with Crippen molar-refractivity contribution in [1.82, 2.24) is 5.32 Å². The zero-order chi connectivity index (χ0) is 26.1. The lowest BCUT2D eigenvalue weighted by Crippen LogP contribution is -2.34. The van der Waals surface area contributed by atoms with Crippen LogP contribution >= 0.6 is 0 Å². The number of rotatable bonds is 14. The van der Waals surface area contributed by atoms with Crippen LogP contribution in [0.5, 0.6) is 11.5 Å². The number of carbonyl (C=O) groups excluding carboxylic acids is 3. The van der Waals surface area contributed by atoms with Crippen molar-refractivity contribution in [2.45, 2.75) is 63.8 Å². The maximum absolute atomic E-state index is 13.0. The molecule has 2 rings (SSSR count). The van der Waals surface area contributed by atoms with Gasteiger partial charge in [-0.2, -0.15) is 0 Å². The molecular formula is C24H39NO8Si2. The van der Waals surface area contributed by atoms with E-state index in [1.165, 1.54) is 0 Å². The Kier molecular flexibility index (Phi) is 11.1. The second-order valence-electron chi connectivity index (χ2n) is 11.0. The molecule has 1 fully saturated rings. The highest BCUT2D eigenvalue weighted by Crippen LogP contribution is 2.30. The fraction of sp³-hybridized carbons (Fsp3) is 0.625. The number of benzene rings is 1. The molecule has 1 aromatic carbocycles. The van der Waals surface area contributed by atoms with Crippen LogP contribution in [0.1, 0.15) is 16.8 Å². The van der Waals surface area contributed by atoms with Crippen LogP contribution in [0.4, 0.5) is 0 Å². The van der Waals surface area contributed by atoms with E-state index in [4.69, 9.17) is 23.7 Å². The highest BCUT2D eigenvalue weighted by atomic mass is 28.3. The Balaban J connectivity index is 2.07. The maximum atomic E-state index is 13.0. The Morgan fingerprint density at radius 3 is 1.86 bits per heavy atom. The van der Waals surface area contributed by atoms with E-state index in [1.807, 2.05) is 0 Å². The van der Waals surface area contributed by atoms with Crippen molar-refractivity contribution < 1.29 is 38.1 Å². The van der Waals surface area contributed by atoms with Crippen LogP contribution in [0.3, 0.4) is 0 Å². The standard InChI is InChI=1S/C24H39NO8Si2/c1-34(2,3)12-10-29-16-31-20-8-7-9-21(32-17-30-11-13-35(4,5)6)22(20)24(28)33-23(27)19-14-18(26)15-25-19/h7-9,19,25H,10-17H2,1-6H3/t19-/m0/s1. The van der Waals surface area contributed by atoms with E-state index in [-0.39, 0.29) is 49.4 Å². The van der Waals surface area contributed by atoms with E-state index < -0.39 is 34.1 Å². The van der Waals surface area contributed by atoms with Crippen LogP contribution < -0.4 is 14.8 Å². The smallest absolute Gasteiger partial charge is 0.353 e. The van der Waals surface area contributed by atoms with Gasteiger partial charge in [0.2, 0.25) is 0 Å². The molecule has 0 spiro atoms. The van der Waals surface area contributed by atoms with Gasteiger partial charge in [0.05, 0.1) is 6.54 Å². The van der Waals surface area contributed by atoms with Crippen LogP contribution in [-0.2, 0) is 23.8 Å². The predicted molar refractivity (Wildman–Crippen MR) is 137 cm³/mol. The summed E-state index contributed by atoms with van der Waals surface area (Å²) in [4.78, 5) is 36.9. The number of hydrogen-bond acceptors (Lipinski definition) is 9. The van der Waals surface area contributed by atoms with Gasteiger partial charge in [-0.25, -0.2) is 9.59 Å². The van der Waals surface area contributed by atoms with Gasteiger partial charge in [0.25, 0.3) is 0 Å². The molecule has 0 saturated carbocycles. The zero-order valence-electron chi connectivity index (χ0n) is 21.7. The lowest BCUT2D eigenvalue weighted by molar-refractivity contribution is -0.140. The van der Waals surface area contributed by atoms with Crippen molar-refractivity contribution in [2.24, 2.45) is 0 Å². The van der Waals surface area contributed by atoms with Gasteiger partial charge in [-0.1, -0.05) is 45.3 Å². The van der Waals surface area contributed by atoms with E-state index in [0.29, 0.717) is 13.2 Å². The van der Waals surface area contributed by atoms with Gasteiger partial charge in [0.15, 0.2) is 13.6 Å². The van der Waals surface area contributed by atoms with Crippen LogP contribution in [0, 0.1) is 0 Å². The Morgan fingerprint density at radius 2 is 1.43 bits per heavy atom. The molecule has 0 aromatic heterocycles. The third-order valence-electron chi connectivity index (χ3n) is 5.24. The summed E-state index contributed by atoms with van der Waals surface area (Å²) in [6.45, 7) is 14.6. The van der Waals surface area contributed by atoms with E-state index in [1.54, 1.807) is 18.2 Å². The molecule has 1 aliphatic heterocycles. The summed E-state index contributed by atoms with van der Waals surface area (Å²) < 4.78 is 27.7. The minimum atomic E-state index is -1.25. The Morgan fingerprint density at radius 1 is 0.914 bits per heavy atom. The molecule has 1 atom stereocenters. The Hall–Kier alpha value is -2.06. The molecule has 1 N–H and O–H groups in total. The minimum absolute atomic E-state index is 0.0104. The minimum Gasteiger partial charge on any atom is -0.466 e. The van der Waals surface area contributed by atoms with E-state index in [2.05, 4.69) is 44.6 Å². The van der Waals surface area contributed by atoms with Crippen LogP contribution in [-0.4, -0.2) is 73.3 Å². The average Bonchev–Trinajstić information content (AvgIpc) is 3.18. The second kappa shape index (κ2) is 13.3. The van der Waals surface area contributed by atoms with Crippen LogP contribution in [0.15, 0.2) is 18.2 Å². The first-order valence-corrected chi connectivity index (χ1v) is 19.3. The summed E-state index contributed by atoms with van der Waals surface area (Å²) in [6, 6.07) is 5.94. The topological polar surface area (TPSA) is 109 Å². The predicted octanol–water partition coefficient (Wildman–Crippen LogP) is 3.68. The van der Waals surface area contributed by atoms with E-state index in [9.17, 15) is 14.4 Å². The first-order chi connectivity index (χ1) is 16.4. The molecule has 0 amide bonds. The van der Waals surface area contributed by atoms with Gasteiger partial charge >= 0.3 is 11.9 Å². The molecule has 0 bridgehead atoms. The molecule has 1 aromatic rings. The molecule has 0 unspecified atom stereocenters. The van der Waals surface area contributed by atoms with Crippen molar-refractivity contribution in [3.05, 3.63) is 23.8 Å². The molecule has 1 aliphatic rings. The third kappa shape index (κ3) is 11.0. The summed E-state index contributed by atoms with van der Waals surface area (Å²) in [7, 11) is -2.50. The van der Waals surface area contributed by atoms with Crippen molar-refractivity contribution in [1.29, 1.82) is 0 Å². The highest BCUT2D eigenvalue weighted by molar-refractivity contribution is 6.76. The number of Topliss-reactive ketones (excluding diaryl/α,β-unsaturated/α-hetero) is 1. The molecular weight excluding hydrogens is 486 g/mol. The summed E-state index contributed by atoms with van der Waals surface area (Å²) in [5, 5.41) is 2.74. The SMILES string of the molecule is C[Si](C)(C)CCOCOc1cccc(OCOCC[Si](C)(C)C)c1C(=O)OC(=O)[C@@H]1CC(=O)CN1. The normalized spacial score (nSPS) is 16.3. The fourth-order valence-electron chi connectivity index (χ4n) is 3.03. The van der Waals surface area contributed by atoms with E-state index in [0.717, 1.165) is 12.1 Å². The molecule has 0 radical (unpaired) electrons. The van der Waals surface area contributed by atoms with Crippen molar-refractivity contribution in [3.8, 4) is 11.5 Å². The average molecular weight is 526 g/mol. The molecule has 196 valence electrons. The molecule has 0 aliphatic carbocycles. The third-order valence-corrected chi connectivity index (χ3v) is 8.64. The number of carbonyl (C=O) groups is 3. The molecule has 1 saturated heterocycles. The highest BCUT2D eigenvalue weighted by Gasteiger charge is 2.32. The van der Waals surface area contributed by atoms with Gasteiger partial charge in [-0.05, 0) is 24.2 Å². The lowest BCUT2D eigenvalue weighted by Gasteiger charge is -2.18. The maximum Gasteiger partial charge on any atom is 0.353 e. The van der Waals surface area contributed by atoms with Gasteiger partial charge in [-0.15, -0.1) is 0 Å². The monoisotopic (exact) mass is 525 g/mol. The van der Waals surface area contributed by atoms with Gasteiger partial charge < -0.3 is 23.7 Å². The number of hydrogen-bond donors (Lipinski definition) is 1. The zero-order valence-corrected chi connectivity index (χ0v) is 23.7. The molecule has 9 nitrogen and oxygen atoms in total. The Labute approximate surface area is 209 Å². The van der Waals surface area contributed by atoms with Gasteiger partial charge in [-0.3, -0.25) is 10.1 Å². The largest absolute Gasteiger partial charge is 0.466 e. The van der Waals surface area contributed by atoms with Crippen molar-refractivity contribution >= 4 is 33.9 Å². The molecule has 1 heterocycles. The number of ether oxygens (including phenoxy) is 5. The lowest BCUT2D eigenvalue weighted by atomic mass is 10.1. The Bertz CT molecular complexity index is 837. The second-order valence-corrected chi connectivity index (χ2v) is 22.2. The van der Waals surface area contributed by atoms with Crippen molar-refractivity contribution in [3.63, 3.8) is 0 Å². The quantitative estimate of drug-likeness (QED) is 0.128. The number of esters is 2. The number of nitrogens with one attached hydrogen (secondary N) is 1. The first kappa shape index (κ1) is 29.2. The summed E-state index contributed by atoms with van der Waals surface area (Å²) in [5.74, 6) is -1.51. The number of ketones is 1. The fourth-order valence-corrected chi connectivity index (χ4v) is 4.54. The van der Waals surface area contributed by atoms with Crippen LogP contribution in [0.2, 0.25) is 51.4 Å². The van der Waals surface area contributed by atoms with Crippen molar-refractivity contribution in [2.75, 3.05) is 33.3 Å². The van der Waals surface area contributed by atoms with Gasteiger partial charge in [0, 0.05) is 35.8 Å². The van der Waals surface area contributed by atoms with Crippen LogP contribution in [0.25, 0.3) is 0 Å². The molecule has 11 heteroatoms. The van der Waals surface area contributed by atoms with E-state index >= 15 is 0 Å². The summed E-state index contributed by atoms with van der Waals surface area (Å²) in [6.07, 6.45) is -0.0104. The van der Waals surface area contributed by atoms with Gasteiger partial charge in [0.1, 0.15) is 28.9 Å². The first-order valence-electron chi connectivity index (χ1n) is 11.9. The summed E-state index contributed by atoms with van der Waals surface area (Å²) in [5.41, 5.74) is -0.0345. The molecule has 35 heavy (non-hydrogen) atoms. The summed E-state index contributed by atoms with van der Waals surface area (Å²) >= 11 is 0.